The van der Waals surface area contributed by atoms with Crippen molar-refractivity contribution in [3.05, 3.63) is 28.7 Å². The van der Waals surface area contributed by atoms with E-state index in [2.05, 4.69) is 5.32 Å². The third-order valence-electron chi connectivity index (χ3n) is 3.99. The highest BCUT2D eigenvalue weighted by atomic mass is 16.3. The number of pyridine rings is 1. The van der Waals surface area contributed by atoms with Crippen molar-refractivity contribution in [3.63, 3.8) is 0 Å². The second-order valence-electron chi connectivity index (χ2n) is 5.76. The highest BCUT2D eigenvalue weighted by Crippen LogP contribution is 2.29. The summed E-state index contributed by atoms with van der Waals surface area (Å²) in [6.45, 7) is 2.75. The molecule has 1 saturated carbocycles. The highest BCUT2D eigenvalue weighted by molar-refractivity contribution is 5.88. The van der Waals surface area contributed by atoms with Crippen LogP contribution in [-0.2, 0) is 6.54 Å². The van der Waals surface area contributed by atoms with Crippen LogP contribution < -0.4 is 10.9 Å². The lowest BCUT2D eigenvalue weighted by molar-refractivity contribution is 0.0261. The van der Waals surface area contributed by atoms with Crippen LogP contribution in [0.2, 0.25) is 0 Å². The van der Waals surface area contributed by atoms with E-state index in [0.29, 0.717) is 18.8 Å². The smallest absolute Gasteiger partial charge is 0.321 e. The zero-order chi connectivity index (χ0) is 15.5. The fraction of sp³-hybridized carbons (Fsp3) is 0.600. The van der Waals surface area contributed by atoms with Gasteiger partial charge in [0.25, 0.3) is 5.56 Å². The number of carbonyl (C=O) groups is 1. The molecule has 0 atom stereocenters. The van der Waals surface area contributed by atoms with Gasteiger partial charge < -0.3 is 19.9 Å². The highest BCUT2D eigenvalue weighted by Gasteiger charge is 2.33. The summed E-state index contributed by atoms with van der Waals surface area (Å²) >= 11 is 0. The van der Waals surface area contributed by atoms with Crippen LogP contribution in [0.25, 0.3) is 0 Å². The van der Waals surface area contributed by atoms with Gasteiger partial charge >= 0.3 is 6.03 Å². The van der Waals surface area contributed by atoms with Crippen molar-refractivity contribution < 1.29 is 9.90 Å². The first-order chi connectivity index (χ1) is 9.93. The van der Waals surface area contributed by atoms with Crippen LogP contribution in [0.3, 0.4) is 0 Å². The average Bonchev–Trinajstić information content (AvgIpc) is 2.87. The summed E-state index contributed by atoms with van der Waals surface area (Å²) in [6.07, 6.45) is 5.12. The van der Waals surface area contributed by atoms with Crippen LogP contribution in [0.5, 0.6) is 0 Å². The van der Waals surface area contributed by atoms with Gasteiger partial charge in [0.1, 0.15) is 0 Å². The molecule has 2 amide bonds. The van der Waals surface area contributed by atoms with E-state index in [4.69, 9.17) is 0 Å². The molecule has 1 heterocycles. The number of aromatic nitrogens is 1. The van der Waals surface area contributed by atoms with E-state index in [-0.39, 0.29) is 11.6 Å². The van der Waals surface area contributed by atoms with Gasteiger partial charge in [0, 0.05) is 25.9 Å². The van der Waals surface area contributed by atoms with Crippen molar-refractivity contribution in [3.8, 4) is 0 Å². The Morgan fingerprint density at radius 3 is 2.71 bits per heavy atom. The van der Waals surface area contributed by atoms with Crippen molar-refractivity contribution >= 4 is 11.7 Å². The number of nitrogens with zero attached hydrogens (tertiary/aromatic N) is 2. The van der Waals surface area contributed by atoms with E-state index in [1.807, 2.05) is 6.92 Å². The summed E-state index contributed by atoms with van der Waals surface area (Å²) in [6, 6.07) is 2.74. The molecule has 1 aliphatic rings. The van der Waals surface area contributed by atoms with E-state index < -0.39 is 5.60 Å². The van der Waals surface area contributed by atoms with Gasteiger partial charge in [-0.05, 0) is 25.8 Å². The number of anilines is 1. The maximum absolute atomic E-state index is 12.1. The van der Waals surface area contributed by atoms with Crippen molar-refractivity contribution in [2.75, 3.05) is 18.9 Å². The van der Waals surface area contributed by atoms with Gasteiger partial charge in [-0.3, -0.25) is 4.79 Å². The zero-order valence-electron chi connectivity index (χ0n) is 12.6. The number of hydrogen-bond acceptors (Lipinski definition) is 3. The van der Waals surface area contributed by atoms with Crippen LogP contribution in [0, 0.1) is 0 Å². The summed E-state index contributed by atoms with van der Waals surface area (Å²) in [5, 5.41) is 13.1. The fourth-order valence-corrected chi connectivity index (χ4v) is 2.78. The minimum absolute atomic E-state index is 0.0934. The Morgan fingerprint density at radius 1 is 1.43 bits per heavy atom. The van der Waals surface area contributed by atoms with E-state index in [9.17, 15) is 14.7 Å². The molecule has 21 heavy (non-hydrogen) atoms. The Hall–Kier alpha value is -1.82. The fourth-order valence-electron chi connectivity index (χ4n) is 2.78. The van der Waals surface area contributed by atoms with Gasteiger partial charge in [0.15, 0.2) is 0 Å². The van der Waals surface area contributed by atoms with Crippen LogP contribution in [0.1, 0.15) is 32.6 Å². The maximum Gasteiger partial charge on any atom is 0.321 e. The summed E-state index contributed by atoms with van der Waals surface area (Å²) in [5.74, 6) is 0. The van der Waals surface area contributed by atoms with E-state index in [1.165, 1.54) is 15.5 Å². The van der Waals surface area contributed by atoms with Gasteiger partial charge in [-0.15, -0.1) is 0 Å². The topological polar surface area (TPSA) is 74.6 Å². The van der Waals surface area contributed by atoms with E-state index >= 15 is 0 Å². The molecule has 2 N–H and O–H groups in total. The van der Waals surface area contributed by atoms with E-state index in [1.54, 1.807) is 19.3 Å². The van der Waals surface area contributed by atoms with Crippen molar-refractivity contribution in [2.24, 2.45) is 0 Å². The molecule has 0 bridgehead atoms. The molecule has 0 radical (unpaired) electrons. The van der Waals surface area contributed by atoms with E-state index in [0.717, 1.165) is 25.7 Å². The van der Waals surface area contributed by atoms with Crippen LogP contribution in [0.4, 0.5) is 10.5 Å². The SMILES string of the molecule is CCn1cc(NC(=O)N(C)CC2(O)CCCC2)ccc1=O. The standard InChI is InChI=1S/C15H23N3O3/c1-3-18-10-12(6-7-13(18)19)16-14(20)17(2)11-15(21)8-4-5-9-15/h6-7,10,21H,3-5,8-9,11H2,1-2H3,(H,16,20). The number of carbonyl (C=O) groups excluding carboxylic acids is 1. The molecular weight excluding hydrogens is 270 g/mol. The van der Waals surface area contributed by atoms with Crippen molar-refractivity contribution in [1.29, 1.82) is 0 Å². The lowest BCUT2D eigenvalue weighted by Crippen LogP contribution is -2.43. The molecule has 6 heteroatoms. The number of amides is 2. The molecule has 1 aromatic heterocycles. The predicted molar refractivity (Wildman–Crippen MR) is 81.4 cm³/mol. The number of rotatable bonds is 4. The molecule has 0 aromatic carbocycles. The van der Waals surface area contributed by atoms with Gasteiger partial charge in [0.05, 0.1) is 17.8 Å². The number of aryl methyl sites for hydroxylation is 1. The first-order valence-electron chi connectivity index (χ1n) is 7.38. The number of urea groups is 1. The molecule has 1 aliphatic carbocycles. The van der Waals surface area contributed by atoms with Gasteiger partial charge in [-0.25, -0.2) is 4.79 Å². The molecule has 116 valence electrons. The second kappa shape index (κ2) is 6.30. The molecule has 2 rings (SSSR count). The number of likely N-dealkylation sites (N-methyl/N-ethyl adjacent to an activating group) is 1. The third kappa shape index (κ3) is 3.85. The van der Waals surface area contributed by atoms with Crippen LogP contribution >= 0.6 is 0 Å². The second-order valence-corrected chi connectivity index (χ2v) is 5.76. The zero-order valence-corrected chi connectivity index (χ0v) is 12.6. The Morgan fingerprint density at radius 2 is 2.10 bits per heavy atom. The van der Waals surface area contributed by atoms with Crippen LogP contribution in [0.15, 0.2) is 23.1 Å². The lowest BCUT2D eigenvalue weighted by Gasteiger charge is -2.28. The van der Waals surface area contributed by atoms with Gasteiger partial charge in [0.2, 0.25) is 0 Å². The summed E-state index contributed by atoms with van der Waals surface area (Å²) < 4.78 is 1.53. The summed E-state index contributed by atoms with van der Waals surface area (Å²) in [5.41, 5.74) is -0.273. The molecule has 0 unspecified atom stereocenters. The lowest BCUT2D eigenvalue weighted by atomic mass is 10.0. The first kappa shape index (κ1) is 15.6. The number of aliphatic hydroxyl groups is 1. The van der Waals surface area contributed by atoms with Crippen molar-refractivity contribution in [1.82, 2.24) is 9.47 Å². The Labute approximate surface area is 124 Å². The maximum atomic E-state index is 12.1. The van der Waals surface area contributed by atoms with Crippen LogP contribution in [-0.4, -0.2) is 39.8 Å². The first-order valence-corrected chi connectivity index (χ1v) is 7.38. The number of hydrogen-bond donors (Lipinski definition) is 2. The summed E-state index contributed by atoms with van der Waals surface area (Å²) in [4.78, 5) is 25.1. The normalized spacial score (nSPS) is 16.7. The van der Waals surface area contributed by atoms with Gasteiger partial charge in [-0.1, -0.05) is 12.8 Å². The Balaban J connectivity index is 1.98. The average molecular weight is 293 g/mol. The molecule has 0 aliphatic heterocycles. The van der Waals surface area contributed by atoms with Crippen molar-refractivity contribution in [2.45, 2.75) is 44.8 Å². The molecule has 1 aromatic rings. The molecule has 0 saturated heterocycles. The molecule has 6 nitrogen and oxygen atoms in total. The largest absolute Gasteiger partial charge is 0.388 e. The Bertz CT molecular complexity index is 562. The minimum Gasteiger partial charge on any atom is -0.388 e. The van der Waals surface area contributed by atoms with Gasteiger partial charge in [-0.2, -0.15) is 0 Å². The monoisotopic (exact) mass is 293 g/mol. The molecular formula is C15H23N3O3. The molecule has 1 fully saturated rings. The predicted octanol–water partition coefficient (Wildman–Crippen LogP) is 1.64. The third-order valence-corrected chi connectivity index (χ3v) is 3.99. The summed E-state index contributed by atoms with van der Waals surface area (Å²) in [7, 11) is 1.67. The minimum atomic E-state index is -0.756. The number of nitrogens with one attached hydrogen (secondary N) is 1. The molecule has 0 spiro atoms. The Kier molecular flexibility index (Phi) is 4.67. The quantitative estimate of drug-likeness (QED) is 0.886.